The minimum atomic E-state index is 0.0381. The molecule has 0 unspecified atom stereocenters. The second-order valence-electron chi connectivity index (χ2n) is 6.70. The van der Waals surface area contributed by atoms with Crippen molar-refractivity contribution in [1.29, 1.82) is 0 Å². The van der Waals surface area contributed by atoms with Crippen molar-refractivity contribution in [3.8, 4) is 0 Å². The molecule has 24 heavy (non-hydrogen) atoms. The Balaban J connectivity index is 2.22. The fourth-order valence-corrected chi connectivity index (χ4v) is 3.16. The zero-order valence-electron chi connectivity index (χ0n) is 16.0. The Kier molecular flexibility index (Phi) is 8.67. The van der Waals surface area contributed by atoms with Crippen molar-refractivity contribution in [2.24, 2.45) is 11.1 Å². The standard InChI is InChI=1S/C19H34N2O3/c1-14-15(2)17(4)19(5,16(14)3)7-9-21-18(22)6-10-23-12-13-24-11-8-20/h6-13,20H2,1-5H3,(H,21,22). The van der Waals surface area contributed by atoms with Crippen LogP contribution in [0.5, 0.6) is 0 Å². The van der Waals surface area contributed by atoms with Crippen LogP contribution in [0.15, 0.2) is 22.3 Å². The third-order valence-corrected chi connectivity index (χ3v) is 5.40. The van der Waals surface area contributed by atoms with Gasteiger partial charge in [-0.1, -0.05) is 18.1 Å². The van der Waals surface area contributed by atoms with Crippen LogP contribution in [-0.2, 0) is 14.3 Å². The Morgan fingerprint density at radius 1 is 1.00 bits per heavy atom. The predicted molar refractivity (Wildman–Crippen MR) is 97.8 cm³/mol. The highest BCUT2D eigenvalue weighted by atomic mass is 16.5. The number of hydrogen-bond acceptors (Lipinski definition) is 4. The molecule has 0 aliphatic heterocycles. The van der Waals surface area contributed by atoms with Crippen molar-refractivity contribution in [2.75, 3.05) is 39.5 Å². The van der Waals surface area contributed by atoms with Gasteiger partial charge in [-0.05, 0) is 45.3 Å². The molecule has 5 nitrogen and oxygen atoms in total. The first-order chi connectivity index (χ1) is 11.3. The van der Waals surface area contributed by atoms with E-state index in [0.717, 1.165) is 6.42 Å². The zero-order chi connectivity index (χ0) is 18.2. The molecule has 0 aromatic carbocycles. The summed E-state index contributed by atoms with van der Waals surface area (Å²) in [7, 11) is 0. The first-order valence-corrected chi connectivity index (χ1v) is 8.83. The summed E-state index contributed by atoms with van der Waals surface area (Å²) in [5, 5.41) is 3.00. The van der Waals surface area contributed by atoms with E-state index in [1.165, 1.54) is 22.3 Å². The minimum Gasteiger partial charge on any atom is -0.379 e. The number of carbonyl (C=O) groups is 1. The van der Waals surface area contributed by atoms with E-state index in [1.807, 2.05) is 0 Å². The highest BCUT2D eigenvalue weighted by molar-refractivity contribution is 5.75. The maximum absolute atomic E-state index is 11.9. The first-order valence-electron chi connectivity index (χ1n) is 8.83. The molecule has 0 saturated heterocycles. The van der Waals surface area contributed by atoms with Gasteiger partial charge in [0.15, 0.2) is 0 Å². The molecule has 1 aliphatic rings. The van der Waals surface area contributed by atoms with E-state index in [2.05, 4.69) is 39.9 Å². The van der Waals surface area contributed by atoms with E-state index in [1.54, 1.807) is 0 Å². The van der Waals surface area contributed by atoms with E-state index in [4.69, 9.17) is 15.2 Å². The molecule has 0 fully saturated rings. The fraction of sp³-hybridized carbons (Fsp3) is 0.737. The molecule has 3 N–H and O–H groups in total. The van der Waals surface area contributed by atoms with Crippen LogP contribution in [0.4, 0.5) is 0 Å². The second-order valence-corrected chi connectivity index (χ2v) is 6.70. The Morgan fingerprint density at radius 2 is 1.54 bits per heavy atom. The molecule has 0 saturated carbocycles. The molecule has 1 rings (SSSR count). The molecule has 0 aromatic heterocycles. The summed E-state index contributed by atoms with van der Waals surface area (Å²) in [6, 6.07) is 0. The number of hydrogen-bond donors (Lipinski definition) is 2. The normalized spacial score (nSPS) is 16.9. The molecule has 0 radical (unpaired) electrons. The highest BCUT2D eigenvalue weighted by Gasteiger charge is 2.35. The Labute approximate surface area is 146 Å². The average Bonchev–Trinajstić information content (AvgIpc) is 2.70. The molecule has 0 bridgehead atoms. The average molecular weight is 338 g/mol. The third kappa shape index (κ3) is 5.43. The monoisotopic (exact) mass is 338 g/mol. The van der Waals surface area contributed by atoms with Crippen LogP contribution >= 0.6 is 0 Å². The topological polar surface area (TPSA) is 73.6 Å². The van der Waals surface area contributed by atoms with E-state index >= 15 is 0 Å². The van der Waals surface area contributed by atoms with Gasteiger partial charge in [-0.15, -0.1) is 0 Å². The second kappa shape index (κ2) is 9.97. The molecular formula is C19H34N2O3. The van der Waals surface area contributed by atoms with Gasteiger partial charge in [0, 0.05) is 24.9 Å². The van der Waals surface area contributed by atoms with Crippen LogP contribution in [0, 0.1) is 5.41 Å². The van der Waals surface area contributed by atoms with Crippen molar-refractivity contribution in [1.82, 2.24) is 5.32 Å². The van der Waals surface area contributed by atoms with Gasteiger partial charge < -0.3 is 20.5 Å². The number of carbonyl (C=O) groups excluding carboxylic acids is 1. The molecule has 0 atom stereocenters. The van der Waals surface area contributed by atoms with Gasteiger partial charge in [-0.25, -0.2) is 0 Å². The summed E-state index contributed by atoms with van der Waals surface area (Å²) in [6.45, 7) is 14.2. The molecule has 0 heterocycles. The van der Waals surface area contributed by atoms with Gasteiger partial charge in [-0.2, -0.15) is 0 Å². The van der Waals surface area contributed by atoms with Crippen molar-refractivity contribution >= 4 is 5.91 Å². The van der Waals surface area contributed by atoms with Gasteiger partial charge in [0.2, 0.25) is 5.91 Å². The number of nitrogens with one attached hydrogen (secondary N) is 1. The van der Waals surface area contributed by atoms with Crippen LogP contribution < -0.4 is 11.1 Å². The van der Waals surface area contributed by atoms with Gasteiger partial charge in [0.05, 0.1) is 26.4 Å². The van der Waals surface area contributed by atoms with E-state index in [0.29, 0.717) is 45.9 Å². The number of ether oxygens (including phenoxy) is 2. The third-order valence-electron chi connectivity index (χ3n) is 5.40. The Morgan fingerprint density at radius 3 is 2.08 bits per heavy atom. The van der Waals surface area contributed by atoms with Crippen LogP contribution in [0.2, 0.25) is 0 Å². The van der Waals surface area contributed by atoms with Crippen LogP contribution in [-0.4, -0.2) is 45.4 Å². The van der Waals surface area contributed by atoms with Gasteiger partial charge in [0.25, 0.3) is 0 Å². The Bertz CT molecular complexity index is 471. The fourth-order valence-electron chi connectivity index (χ4n) is 3.16. The minimum absolute atomic E-state index is 0.0381. The van der Waals surface area contributed by atoms with Crippen molar-refractivity contribution in [3.05, 3.63) is 22.3 Å². The van der Waals surface area contributed by atoms with E-state index in [-0.39, 0.29) is 11.3 Å². The summed E-state index contributed by atoms with van der Waals surface area (Å²) >= 11 is 0. The van der Waals surface area contributed by atoms with Gasteiger partial charge >= 0.3 is 0 Å². The molecule has 0 aromatic rings. The number of allylic oxidation sites excluding steroid dienone is 4. The zero-order valence-corrected chi connectivity index (χ0v) is 16.0. The van der Waals surface area contributed by atoms with E-state index < -0.39 is 0 Å². The van der Waals surface area contributed by atoms with Crippen LogP contribution in [0.25, 0.3) is 0 Å². The number of rotatable bonds is 11. The lowest BCUT2D eigenvalue weighted by molar-refractivity contribution is -0.122. The molecule has 5 heteroatoms. The maximum Gasteiger partial charge on any atom is 0.222 e. The lowest BCUT2D eigenvalue weighted by atomic mass is 9.76. The van der Waals surface area contributed by atoms with Crippen molar-refractivity contribution in [3.63, 3.8) is 0 Å². The van der Waals surface area contributed by atoms with Crippen LogP contribution in [0.1, 0.15) is 47.5 Å². The van der Waals surface area contributed by atoms with Crippen LogP contribution in [0.3, 0.4) is 0 Å². The van der Waals surface area contributed by atoms with E-state index in [9.17, 15) is 4.79 Å². The Hall–Kier alpha value is -1.17. The van der Waals surface area contributed by atoms with Crippen molar-refractivity contribution < 1.29 is 14.3 Å². The summed E-state index contributed by atoms with van der Waals surface area (Å²) in [5.74, 6) is 0.0381. The SMILES string of the molecule is CC1=C(C)C(C)(CCNC(=O)CCOCCOCCN)C(C)=C1C. The number of amides is 1. The van der Waals surface area contributed by atoms with Gasteiger partial charge in [-0.3, -0.25) is 4.79 Å². The first kappa shape index (κ1) is 20.9. The molecule has 1 amide bonds. The number of nitrogens with two attached hydrogens (primary N) is 1. The highest BCUT2D eigenvalue weighted by Crippen LogP contribution is 2.48. The predicted octanol–water partition coefficient (Wildman–Crippen LogP) is 2.57. The van der Waals surface area contributed by atoms with Crippen molar-refractivity contribution in [2.45, 2.75) is 47.5 Å². The summed E-state index contributed by atoms with van der Waals surface area (Å²) in [6.07, 6.45) is 1.31. The lowest BCUT2D eigenvalue weighted by Crippen LogP contribution is -2.30. The lowest BCUT2D eigenvalue weighted by Gasteiger charge is -2.29. The molecule has 0 spiro atoms. The molecule has 1 aliphatic carbocycles. The largest absolute Gasteiger partial charge is 0.379 e. The molecule has 138 valence electrons. The summed E-state index contributed by atoms with van der Waals surface area (Å²) in [5.41, 5.74) is 11.0. The van der Waals surface area contributed by atoms with Gasteiger partial charge in [0.1, 0.15) is 0 Å². The summed E-state index contributed by atoms with van der Waals surface area (Å²) in [4.78, 5) is 11.9. The summed E-state index contributed by atoms with van der Waals surface area (Å²) < 4.78 is 10.6. The quantitative estimate of drug-likeness (QED) is 0.568. The maximum atomic E-state index is 11.9. The smallest absolute Gasteiger partial charge is 0.222 e. The molecular weight excluding hydrogens is 304 g/mol.